The summed E-state index contributed by atoms with van der Waals surface area (Å²) in [5, 5.41) is 3.06. The first-order chi connectivity index (χ1) is 13.2. The maximum Gasteiger partial charge on any atom is 0.322 e. The lowest BCUT2D eigenvalue weighted by Gasteiger charge is -2.35. The Morgan fingerprint density at radius 3 is 2.44 bits per heavy atom. The van der Waals surface area contributed by atoms with Crippen molar-refractivity contribution in [1.29, 1.82) is 0 Å². The number of benzene rings is 1. The maximum absolute atomic E-state index is 13.1. The maximum atomic E-state index is 13.1. The highest BCUT2D eigenvalue weighted by molar-refractivity contribution is 7.99. The molecule has 6 nitrogen and oxygen atoms in total. The molecule has 1 N–H and O–H groups in total. The smallest absolute Gasteiger partial charge is 0.322 e. The predicted molar refractivity (Wildman–Crippen MR) is 111 cm³/mol. The number of piperidine rings is 1. The van der Waals surface area contributed by atoms with Crippen LogP contribution in [0.15, 0.2) is 18.2 Å². The molecule has 150 valence electrons. The van der Waals surface area contributed by atoms with Gasteiger partial charge in [-0.3, -0.25) is 0 Å². The normalized spacial score (nSPS) is 21.4. The Morgan fingerprint density at radius 1 is 1.07 bits per heavy atom. The summed E-state index contributed by atoms with van der Waals surface area (Å²) >= 11 is 1.96. The highest BCUT2D eigenvalue weighted by Crippen LogP contribution is 2.27. The second kappa shape index (κ2) is 10.1. The summed E-state index contributed by atoms with van der Waals surface area (Å²) in [4.78, 5) is 17.6. The van der Waals surface area contributed by atoms with Crippen LogP contribution >= 0.6 is 11.8 Å². The van der Waals surface area contributed by atoms with Gasteiger partial charge in [-0.25, -0.2) is 4.79 Å². The zero-order valence-corrected chi connectivity index (χ0v) is 17.2. The summed E-state index contributed by atoms with van der Waals surface area (Å²) in [6.07, 6.45) is 4.92. The van der Waals surface area contributed by atoms with Crippen LogP contribution in [0.3, 0.4) is 0 Å². The number of carbonyl (C=O) groups excluding carboxylic acids is 1. The van der Waals surface area contributed by atoms with E-state index in [4.69, 9.17) is 9.47 Å². The molecule has 0 radical (unpaired) electrons. The van der Waals surface area contributed by atoms with E-state index >= 15 is 0 Å². The molecule has 1 aromatic carbocycles. The number of hydrogen-bond acceptors (Lipinski definition) is 5. The number of hydrogen-bond donors (Lipinski definition) is 1. The van der Waals surface area contributed by atoms with Crippen molar-refractivity contribution in [2.45, 2.75) is 31.7 Å². The Balaban J connectivity index is 1.69. The summed E-state index contributed by atoms with van der Waals surface area (Å²) < 4.78 is 10.6. The molecule has 1 atom stereocenters. The van der Waals surface area contributed by atoms with Crippen molar-refractivity contribution >= 4 is 23.5 Å². The number of amides is 2. The molecule has 1 unspecified atom stereocenters. The van der Waals surface area contributed by atoms with Crippen LogP contribution in [-0.2, 0) is 0 Å². The van der Waals surface area contributed by atoms with Crippen molar-refractivity contribution in [3.8, 4) is 11.5 Å². The summed E-state index contributed by atoms with van der Waals surface area (Å²) in [7, 11) is 3.22. The largest absolute Gasteiger partial charge is 0.497 e. The minimum Gasteiger partial charge on any atom is -0.497 e. The molecular formula is C20H31N3O3S. The SMILES string of the molecule is COc1cc(NC(=O)N2CCCSCC2CN2CCCCC2)cc(OC)c1. The number of carbonyl (C=O) groups is 1. The van der Waals surface area contributed by atoms with Crippen LogP contribution in [0.1, 0.15) is 25.7 Å². The Kier molecular flexibility index (Phi) is 7.52. The molecule has 0 saturated carbocycles. The molecule has 7 heteroatoms. The van der Waals surface area contributed by atoms with Gasteiger partial charge in [0.1, 0.15) is 11.5 Å². The monoisotopic (exact) mass is 393 g/mol. The van der Waals surface area contributed by atoms with E-state index in [9.17, 15) is 4.79 Å². The molecule has 2 heterocycles. The predicted octanol–water partition coefficient (Wildman–Crippen LogP) is 3.53. The fourth-order valence-corrected chi connectivity index (χ4v) is 4.82. The summed E-state index contributed by atoms with van der Waals surface area (Å²) in [6, 6.07) is 5.68. The lowest BCUT2D eigenvalue weighted by atomic mass is 10.1. The van der Waals surface area contributed by atoms with Gasteiger partial charge in [0.15, 0.2) is 0 Å². The summed E-state index contributed by atoms with van der Waals surface area (Å²) in [5.74, 6) is 3.46. The lowest BCUT2D eigenvalue weighted by Crippen LogP contribution is -2.50. The molecule has 2 fully saturated rings. The van der Waals surface area contributed by atoms with Gasteiger partial charge in [-0.1, -0.05) is 6.42 Å². The molecule has 1 aromatic rings. The van der Waals surface area contributed by atoms with Gasteiger partial charge in [-0.15, -0.1) is 0 Å². The molecule has 0 aromatic heterocycles. The Hall–Kier alpha value is -1.60. The van der Waals surface area contributed by atoms with E-state index in [-0.39, 0.29) is 12.1 Å². The zero-order chi connectivity index (χ0) is 19.1. The highest BCUT2D eigenvalue weighted by Gasteiger charge is 2.28. The standard InChI is InChI=1S/C20H31N3O3S/c1-25-18-11-16(12-19(13-18)26-2)21-20(24)23-9-6-10-27-15-17(23)14-22-7-4-3-5-8-22/h11-13,17H,3-10,14-15H2,1-2H3,(H,21,24). The van der Waals surface area contributed by atoms with Crippen molar-refractivity contribution in [1.82, 2.24) is 9.80 Å². The van der Waals surface area contributed by atoms with Gasteiger partial charge in [0, 0.05) is 42.7 Å². The van der Waals surface area contributed by atoms with E-state index in [0.29, 0.717) is 17.2 Å². The molecule has 2 saturated heterocycles. The van der Waals surface area contributed by atoms with Crippen LogP contribution < -0.4 is 14.8 Å². The van der Waals surface area contributed by atoms with Gasteiger partial charge < -0.3 is 24.6 Å². The average molecular weight is 394 g/mol. The van der Waals surface area contributed by atoms with Crippen LogP contribution in [0.25, 0.3) is 0 Å². The molecule has 27 heavy (non-hydrogen) atoms. The van der Waals surface area contributed by atoms with E-state index in [1.54, 1.807) is 20.3 Å². The number of anilines is 1. The van der Waals surface area contributed by atoms with E-state index in [1.165, 1.54) is 19.3 Å². The number of nitrogens with zero attached hydrogens (tertiary/aromatic N) is 2. The van der Waals surface area contributed by atoms with Crippen LogP contribution in [0.4, 0.5) is 10.5 Å². The van der Waals surface area contributed by atoms with Crippen LogP contribution in [0, 0.1) is 0 Å². The molecule has 0 spiro atoms. The molecule has 0 aliphatic carbocycles. The third kappa shape index (κ3) is 5.69. The number of ether oxygens (including phenoxy) is 2. The van der Waals surface area contributed by atoms with Crippen LogP contribution in [0.2, 0.25) is 0 Å². The molecular weight excluding hydrogens is 362 g/mol. The number of rotatable bonds is 5. The van der Waals surface area contributed by atoms with Gasteiger partial charge in [0.2, 0.25) is 0 Å². The molecule has 2 aliphatic rings. The fourth-order valence-electron chi connectivity index (χ4n) is 3.76. The lowest BCUT2D eigenvalue weighted by molar-refractivity contribution is 0.151. The van der Waals surface area contributed by atoms with Gasteiger partial charge in [-0.05, 0) is 38.1 Å². The highest BCUT2D eigenvalue weighted by atomic mass is 32.2. The fraction of sp³-hybridized carbons (Fsp3) is 0.650. The topological polar surface area (TPSA) is 54.0 Å². The van der Waals surface area contributed by atoms with E-state index in [2.05, 4.69) is 10.2 Å². The second-order valence-corrected chi connectivity index (χ2v) is 8.32. The first kappa shape index (κ1) is 20.1. The average Bonchev–Trinajstić information content (AvgIpc) is 2.94. The quantitative estimate of drug-likeness (QED) is 0.829. The van der Waals surface area contributed by atoms with Gasteiger partial charge in [0.05, 0.1) is 20.3 Å². The third-order valence-electron chi connectivity index (χ3n) is 5.22. The van der Waals surface area contributed by atoms with Gasteiger partial charge >= 0.3 is 6.03 Å². The number of urea groups is 1. The minimum atomic E-state index is -0.0326. The number of thioether (sulfide) groups is 1. The first-order valence-electron chi connectivity index (χ1n) is 9.80. The van der Waals surface area contributed by atoms with Crippen LogP contribution in [-0.4, -0.2) is 73.8 Å². The van der Waals surface area contributed by atoms with Crippen molar-refractivity contribution in [3.05, 3.63) is 18.2 Å². The summed E-state index contributed by atoms with van der Waals surface area (Å²) in [6.45, 7) is 4.09. The number of nitrogens with one attached hydrogen (secondary N) is 1. The second-order valence-electron chi connectivity index (χ2n) is 7.17. The first-order valence-corrected chi connectivity index (χ1v) is 11.0. The minimum absolute atomic E-state index is 0.0326. The van der Waals surface area contributed by atoms with E-state index in [0.717, 1.165) is 44.1 Å². The molecule has 2 amide bonds. The Labute approximate surface area is 166 Å². The van der Waals surface area contributed by atoms with Crippen LogP contribution in [0.5, 0.6) is 11.5 Å². The molecule has 3 rings (SSSR count). The number of likely N-dealkylation sites (tertiary alicyclic amines) is 1. The third-order valence-corrected chi connectivity index (χ3v) is 6.42. The van der Waals surface area contributed by atoms with Gasteiger partial charge in [-0.2, -0.15) is 11.8 Å². The molecule has 0 bridgehead atoms. The van der Waals surface area contributed by atoms with Crippen molar-refractivity contribution in [2.75, 3.05) is 57.2 Å². The van der Waals surface area contributed by atoms with Crippen molar-refractivity contribution in [3.63, 3.8) is 0 Å². The van der Waals surface area contributed by atoms with Gasteiger partial charge in [0.25, 0.3) is 0 Å². The summed E-state index contributed by atoms with van der Waals surface area (Å²) in [5.41, 5.74) is 0.699. The van der Waals surface area contributed by atoms with E-state index < -0.39 is 0 Å². The zero-order valence-electron chi connectivity index (χ0n) is 16.4. The van der Waals surface area contributed by atoms with E-state index in [1.807, 2.05) is 28.8 Å². The Morgan fingerprint density at radius 2 is 1.78 bits per heavy atom. The molecule has 2 aliphatic heterocycles. The Bertz CT molecular complexity index is 600. The number of methoxy groups -OCH3 is 2. The van der Waals surface area contributed by atoms with Crippen molar-refractivity contribution < 1.29 is 14.3 Å². The van der Waals surface area contributed by atoms with Crippen molar-refractivity contribution in [2.24, 2.45) is 0 Å².